The van der Waals surface area contributed by atoms with Gasteiger partial charge in [0.05, 0.1) is 5.69 Å². The molecule has 2 aromatic heterocycles. The number of aromatic nitrogens is 2. The van der Waals surface area contributed by atoms with Crippen LogP contribution in [0.3, 0.4) is 0 Å². The van der Waals surface area contributed by atoms with Gasteiger partial charge in [-0.1, -0.05) is 24.3 Å². The fourth-order valence-electron chi connectivity index (χ4n) is 2.01. The molecule has 3 nitrogen and oxygen atoms in total. The zero-order valence-corrected chi connectivity index (χ0v) is 9.59. The lowest BCUT2D eigenvalue weighted by Crippen LogP contribution is -1.88. The summed E-state index contributed by atoms with van der Waals surface area (Å²) >= 11 is 0. The van der Waals surface area contributed by atoms with E-state index in [1.165, 1.54) is 0 Å². The molecule has 84 valence electrons. The Labute approximate surface area is 99.5 Å². The molecule has 0 atom stereocenters. The normalized spacial score (nSPS) is 10.9. The number of hydrogen-bond acceptors (Lipinski definition) is 2. The number of nitrogen functional groups attached to an aromatic ring is 1. The number of para-hydroxylation sites is 1. The van der Waals surface area contributed by atoms with Crippen LogP contribution in [0.15, 0.2) is 48.7 Å². The van der Waals surface area contributed by atoms with E-state index in [2.05, 4.69) is 22.4 Å². The van der Waals surface area contributed by atoms with Crippen LogP contribution in [0.25, 0.3) is 16.9 Å². The first-order valence-electron chi connectivity index (χ1n) is 5.55. The number of pyridine rings is 1. The minimum atomic E-state index is 0.758. The Bertz CT molecular complexity index is 683. The lowest BCUT2D eigenvalue weighted by molar-refractivity contribution is 1.09. The quantitative estimate of drug-likeness (QED) is 0.644. The van der Waals surface area contributed by atoms with Gasteiger partial charge in [-0.3, -0.25) is 0 Å². The Balaban J connectivity index is 2.26. The molecule has 3 aromatic rings. The summed E-state index contributed by atoms with van der Waals surface area (Å²) in [5.74, 6) is 0. The summed E-state index contributed by atoms with van der Waals surface area (Å²) in [6.07, 6.45) is 2.02. The number of imidazole rings is 1. The second kappa shape index (κ2) is 3.63. The average molecular weight is 223 g/mol. The van der Waals surface area contributed by atoms with Crippen LogP contribution in [-0.4, -0.2) is 9.38 Å². The lowest BCUT2D eigenvalue weighted by Gasteiger charge is -2.00. The van der Waals surface area contributed by atoms with E-state index in [0.717, 1.165) is 28.3 Å². The molecular formula is C14H13N3. The maximum Gasteiger partial charge on any atom is 0.137 e. The summed E-state index contributed by atoms with van der Waals surface area (Å²) in [6, 6.07) is 13.9. The monoisotopic (exact) mass is 223 g/mol. The highest BCUT2D eigenvalue weighted by Crippen LogP contribution is 2.25. The highest BCUT2D eigenvalue weighted by molar-refractivity contribution is 5.74. The van der Waals surface area contributed by atoms with Gasteiger partial charge in [0.1, 0.15) is 5.65 Å². The maximum absolute atomic E-state index is 5.96. The Morgan fingerprint density at radius 3 is 2.65 bits per heavy atom. The molecule has 0 amide bonds. The van der Waals surface area contributed by atoms with Crippen LogP contribution in [0, 0.1) is 6.92 Å². The number of nitrogens with zero attached hydrogens (tertiary/aromatic N) is 2. The van der Waals surface area contributed by atoms with Crippen LogP contribution in [0.4, 0.5) is 5.69 Å². The average Bonchev–Trinajstić information content (AvgIpc) is 2.75. The smallest absolute Gasteiger partial charge is 0.137 e. The molecule has 3 rings (SSSR count). The fraction of sp³-hybridized carbons (Fsp3) is 0.0714. The third-order valence-electron chi connectivity index (χ3n) is 2.93. The van der Waals surface area contributed by atoms with E-state index in [9.17, 15) is 0 Å². The number of aryl methyl sites for hydroxylation is 1. The molecule has 0 aliphatic carbocycles. The zero-order valence-electron chi connectivity index (χ0n) is 9.59. The van der Waals surface area contributed by atoms with E-state index < -0.39 is 0 Å². The summed E-state index contributed by atoms with van der Waals surface area (Å²) in [5, 5.41) is 0. The van der Waals surface area contributed by atoms with Gasteiger partial charge in [0.2, 0.25) is 0 Å². The van der Waals surface area contributed by atoms with Gasteiger partial charge in [-0.25, -0.2) is 4.98 Å². The van der Waals surface area contributed by atoms with E-state index in [1.807, 2.05) is 42.6 Å². The molecule has 0 bridgehead atoms. The summed E-state index contributed by atoms with van der Waals surface area (Å²) < 4.78 is 2.07. The van der Waals surface area contributed by atoms with Crippen molar-refractivity contribution in [2.24, 2.45) is 0 Å². The first-order valence-corrected chi connectivity index (χ1v) is 5.55. The van der Waals surface area contributed by atoms with Gasteiger partial charge in [-0.2, -0.15) is 0 Å². The number of nitrogens with two attached hydrogens (primary N) is 1. The SMILES string of the molecule is Cc1cccc2nc(-c3ccccc3N)cn12. The van der Waals surface area contributed by atoms with Crippen molar-refractivity contribution in [2.45, 2.75) is 6.92 Å². The summed E-state index contributed by atoms with van der Waals surface area (Å²) in [6.45, 7) is 2.06. The van der Waals surface area contributed by atoms with Gasteiger partial charge in [0.25, 0.3) is 0 Å². The molecule has 0 saturated heterocycles. The third-order valence-corrected chi connectivity index (χ3v) is 2.93. The molecule has 0 radical (unpaired) electrons. The highest BCUT2D eigenvalue weighted by Gasteiger charge is 2.07. The van der Waals surface area contributed by atoms with Crippen molar-refractivity contribution in [2.75, 3.05) is 5.73 Å². The van der Waals surface area contributed by atoms with Crippen LogP contribution in [0.1, 0.15) is 5.69 Å². The van der Waals surface area contributed by atoms with Crippen LogP contribution in [-0.2, 0) is 0 Å². The molecule has 0 aliphatic heterocycles. The molecular weight excluding hydrogens is 210 g/mol. The molecule has 2 heterocycles. The first-order chi connectivity index (χ1) is 8.25. The van der Waals surface area contributed by atoms with Crippen molar-refractivity contribution >= 4 is 11.3 Å². The van der Waals surface area contributed by atoms with Crippen molar-refractivity contribution in [1.29, 1.82) is 0 Å². The molecule has 0 aliphatic rings. The van der Waals surface area contributed by atoms with Gasteiger partial charge >= 0.3 is 0 Å². The summed E-state index contributed by atoms with van der Waals surface area (Å²) in [5.41, 5.74) is 10.7. The Morgan fingerprint density at radius 2 is 1.88 bits per heavy atom. The van der Waals surface area contributed by atoms with E-state index in [1.54, 1.807) is 0 Å². The second-order valence-corrected chi connectivity index (χ2v) is 4.11. The number of rotatable bonds is 1. The van der Waals surface area contributed by atoms with E-state index >= 15 is 0 Å². The predicted molar refractivity (Wildman–Crippen MR) is 69.8 cm³/mol. The largest absolute Gasteiger partial charge is 0.398 e. The van der Waals surface area contributed by atoms with Crippen LogP contribution in [0.2, 0.25) is 0 Å². The Hall–Kier alpha value is -2.29. The van der Waals surface area contributed by atoms with Gasteiger partial charge in [-0.05, 0) is 25.1 Å². The molecule has 2 N–H and O–H groups in total. The van der Waals surface area contributed by atoms with Crippen molar-refractivity contribution in [3.05, 3.63) is 54.4 Å². The van der Waals surface area contributed by atoms with Crippen LogP contribution in [0.5, 0.6) is 0 Å². The Morgan fingerprint density at radius 1 is 1.06 bits per heavy atom. The van der Waals surface area contributed by atoms with Gasteiger partial charge in [-0.15, -0.1) is 0 Å². The maximum atomic E-state index is 5.96. The minimum absolute atomic E-state index is 0.758. The summed E-state index contributed by atoms with van der Waals surface area (Å²) in [7, 11) is 0. The Kier molecular flexibility index (Phi) is 2.11. The standard InChI is InChI=1S/C14H13N3/c1-10-5-4-8-14-16-13(9-17(10)14)11-6-2-3-7-12(11)15/h2-9H,15H2,1H3. The number of hydrogen-bond donors (Lipinski definition) is 1. The molecule has 0 saturated carbocycles. The van der Waals surface area contributed by atoms with Crippen molar-refractivity contribution in [3.63, 3.8) is 0 Å². The molecule has 0 unspecified atom stereocenters. The molecule has 0 spiro atoms. The minimum Gasteiger partial charge on any atom is -0.398 e. The van der Waals surface area contributed by atoms with Crippen molar-refractivity contribution in [3.8, 4) is 11.3 Å². The molecule has 17 heavy (non-hydrogen) atoms. The van der Waals surface area contributed by atoms with E-state index in [-0.39, 0.29) is 0 Å². The molecule has 3 heteroatoms. The van der Waals surface area contributed by atoms with Crippen LogP contribution < -0.4 is 5.73 Å². The summed E-state index contributed by atoms with van der Waals surface area (Å²) in [4.78, 5) is 4.59. The van der Waals surface area contributed by atoms with E-state index in [4.69, 9.17) is 5.73 Å². The van der Waals surface area contributed by atoms with Crippen molar-refractivity contribution < 1.29 is 0 Å². The van der Waals surface area contributed by atoms with Crippen molar-refractivity contribution in [1.82, 2.24) is 9.38 Å². The number of anilines is 1. The number of fused-ring (bicyclic) bond motifs is 1. The molecule has 0 fully saturated rings. The lowest BCUT2D eigenvalue weighted by atomic mass is 10.1. The van der Waals surface area contributed by atoms with E-state index in [0.29, 0.717) is 0 Å². The topological polar surface area (TPSA) is 43.3 Å². The predicted octanol–water partition coefficient (Wildman–Crippen LogP) is 2.89. The van der Waals surface area contributed by atoms with Gasteiger partial charge in [0, 0.05) is 23.1 Å². The first kappa shape index (κ1) is 9.90. The van der Waals surface area contributed by atoms with Gasteiger partial charge in [0.15, 0.2) is 0 Å². The third kappa shape index (κ3) is 1.56. The zero-order chi connectivity index (χ0) is 11.8. The van der Waals surface area contributed by atoms with Gasteiger partial charge < -0.3 is 10.1 Å². The second-order valence-electron chi connectivity index (χ2n) is 4.11. The molecule has 1 aromatic carbocycles. The highest BCUT2D eigenvalue weighted by atomic mass is 15.0. The van der Waals surface area contributed by atoms with Crippen LogP contribution >= 0.6 is 0 Å². The number of benzene rings is 1. The fourth-order valence-corrected chi connectivity index (χ4v) is 2.01.